The summed E-state index contributed by atoms with van der Waals surface area (Å²) in [6, 6.07) is 27.6. The molecule has 1 aliphatic heterocycles. The first kappa shape index (κ1) is 44.8. The molecule has 21 heteroatoms. The molecule has 0 saturated carbocycles. The number of ether oxygens (including phenoxy) is 1. The summed E-state index contributed by atoms with van der Waals surface area (Å²) in [6.07, 6.45) is 20.2. The second-order valence-electron chi connectivity index (χ2n) is 15.3. The van der Waals surface area contributed by atoms with E-state index in [1.807, 2.05) is 47.7 Å². The summed E-state index contributed by atoms with van der Waals surface area (Å²) in [5.74, 6) is 0. The van der Waals surface area contributed by atoms with Crippen LogP contribution in [0.25, 0.3) is 67.1 Å². The van der Waals surface area contributed by atoms with Crippen LogP contribution in [0.1, 0.15) is 25.5 Å². The van der Waals surface area contributed by atoms with Gasteiger partial charge in [0.2, 0.25) is 0 Å². The number of aromatic amines is 1. The number of thioether (sulfide) groups is 2. The maximum atomic E-state index is 13.2. The van der Waals surface area contributed by atoms with Crippen LogP contribution >= 0.6 is 23.5 Å². The minimum absolute atomic E-state index is 0.142. The number of benzene rings is 2. The first-order chi connectivity index (χ1) is 33.1. The molecule has 8 aromatic heterocycles. The van der Waals surface area contributed by atoms with Gasteiger partial charge in [-0.2, -0.15) is 10.2 Å². The van der Waals surface area contributed by atoms with Gasteiger partial charge in [-0.3, -0.25) is 5.10 Å². The molecule has 0 aliphatic carbocycles. The molecule has 9 heterocycles. The van der Waals surface area contributed by atoms with E-state index in [2.05, 4.69) is 35.1 Å². The third kappa shape index (κ3) is 8.69. The summed E-state index contributed by atoms with van der Waals surface area (Å²) in [4.78, 5) is 27.2. The predicted molar refractivity (Wildman–Crippen MR) is 261 cm³/mol. The van der Waals surface area contributed by atoms with Crippen LogP contribution in [0.5, 0.6) is 0 Å². The summed E-state index contributed by atoms with van der Waals surface area (Å²) in [5, 5.41) is 14.8. The molecular formula is C47H40N12O5S4. The lowest BCUT2D eigenvalue weighted by atomic mass is 10.1. The lowest BCUT2D eigenvalue weighted by molar-refractivity contribution is -0.0393. The molecule has 10 aromatic rings. The van der Waals surface area contributed by atoms with E-state index in [0.717, 1.165) is 58.6 Å². The van der Waals surface area contributed by atoms with Gasteiger partial charge in [-0.25, -0.2) is 59.4 Å². The van der Waals surface area contributed by atoms with Crippen molar-refractivity contribution in [3.8, 4) is 45.0 Å². The first-order valence-electron chi connectivity index (χ1n) is 21.2. The molecule has 1 unspecified atom stereocenters. The van der Waals surface area contributed by atoms with Crippen molar-refractivity contribution in [2.45, 2.75) is 45.6 Å². The standard InChI is InChI=1S/C26H24N6O3S2.C21H16N6O2S2/c1-36-26-27-12-10-22(29-26)21-17-31(23-9-5-6-14-35-23)30-24(21)19-15-18-11-13-32(25(18)28-16-19)37(33,34)20-7-3-2-4-8-20;1-30-21-22-9-7-18(25-21)17-13-24-26-19(17)15-11-14-8-10-27(20(14)23-12-15)31(28,29)16-5-3-2-4-6-16/h2-4,7-8,10-13,15-17,23H,5-6,9,14H2,1H3;2-13H,1H3,(H,24,26). The van der Waals surface area contributed by atoms with Gasteiger partial charge in [-0.05, 0) is 92.4 Å². The number of hydrogen-bond donors (Lipinski definition) is 1. The SMILES string of the molecule is CSc1nccc(-c2cn(C3CCCCO3)nc2-c2cnc3c(ccn3S(=O)(=O)c3ccccc3)c2)n1.CSc1nccc(-c2cn[nH]c2-c2cnc3c(ccn3S(=O)(=O)c3ccccc3)c2)n1. The maximum absolute atomic E-state index is 13.2. The average molecular weight is 981 g/mol. The van der Waals surface area contributed by atoms with Crippen LogP contribution in [0.15, 0.2) is 167 Å². The zero-order valence-corrected chi connectivity index (χ0v) is 39.6. The van der Waals surface area contributed by atoms with Gasteiger partial charge in [0, 0.05) is 83.0 Å². The van der Waals surface area contributed by atoms with Crippen molar-refractivity contribution >= 4 is 65.6 Å². The molecule has 1 fully saturated rings. The molecule has 68 heavy (non-hydrogen) atoms. The lowest BCUT2D eigenvalue weighted by Gasteiger charge is -2.22. The van der Waals surface area contributed by atoms with E-state index >= 15 is 0 Å². The highest BCUT2D eigenvalue weighted by Crippen LogP contribution is 2.36. The monoisotopic (exact) mass is 980 g/mol. The van der Waals surface area contributed by atoms with Crippen LogP contribution in [0.2, 0.25) is 0 Å². The Labute approximate surface area is 399 Å². The minimum atomic E-state index is -3.77. The fraction of sp³-hybridized carbons (Fsp3) is 0.149. The van der Waals surface area contributed by atoms with Gasteiger partial charge in [0.05, 0.1) is 33.1 Å². The molecule has 1 saturated heterocycles. The number of hydrogen-bond acceptors (Lipinski definition) is 15. The largest absolute Gasteiger partial charge is 0.357 e. The highest BCUT2D eigenvalue weighted by atomic mass is 32.2. The fourth-order valence-electron chi connectivity index (χ4n) is 7.82. The summed E-state index contributed by atoms with van der Waals surface area (Å²) >= 11 is 2.94. The number of aromatic nitrogens is 12. The van der Waals surface area contributed by atoms with Crippen LogP contribution in [0, 0.1) is 0 Å². The van der Waals surface area contributed by atoms with Gasteiger partial charge in [0.1, 0.15) is 11.9 Å². The second-order valence-corrected chi connectivity index (χ2v) is 20.5. The summed E-state index contributed by atoms with van der Waals surface area (Å²) in [5.41, 5.74) is 6.85. The van der Waals surface area contributed by atoms with E-state index in [-0.39, 0.29) is 16.0 Å². The Kier molecular flexibility index (Phi) is 12.5. The highest BCUT2D eigenvalue weighted by Gasteiger charge is 2.25. The van der Waals surface area contributed by atoms with Crippen LogP contribution in [-0.4, -0.2) is 93.8 Å². The van der Waals surface area contributed by atoms with E-state index in [0.29, 0.717) is 44.7 Å². The molecule has 342 valence electrons. The van der Waals surface area contributed by atoms with E-state index < -0.39 is 20.0 Å². The van der Waals surface area contributed by atoms with Gasteiger partial charge in [0.25, 0.3) is 20.0 Å². The second kappa shape index (κ2) is 18.9. The van der Waals surface area contributed by atoms with Crippen molar-refractivity contribution in [1.82, 2.24) is 57.8 Å². The predicted octanol–water partition coefficient (Wildman–Crippen LogP) is 8.86. The molecule has 1 atom stereocenters. The van der Waals surface area contributed by atoms with Gasteiger partial charge >= 0.3 is 0 Å². The van der Waals surface area contributed by atoms with Gasteiger partial charge in [0.15, 0.2) is 21.6 Å². The molecular weight excluding hydrogens is 941 g/mol. The smallest absolute Gasteiger partial charge is 0.269 e. The van der Waals surface area contributed by atoms with Gasteiger partial charge in [-0.15, -0.1) is 0 Å². The van der Waals surface area contributed by atoms with Crippen molar-refractivity contribution < 1.29 is 21.6 Å². The van der Waals surface area contributed by atoms with Gasteiger partial charge < -0.3 is 4.74 Å². The van der Waals surface area contributed by atoms with Crippen molar-refractivity contribution in [3.05, 3.63) is 147 Å². The molecule has 11 rings (SSSR count). The topological polar surface area (TPSA) is 211 Å². The Morgan fingerprint density at radius 2 is 1.21 bits per heavy atom. The Hall–Kier alpha value is -7.04. The Bertz CT molecular complexity index is 3650. The highest BCUT2D eigenvalue weighted by molar-refractivity contribution is 7.98. The lowest BCUT2D eigenvalue weighted by Crippen LogP contribution is -2.18. The van der Waals surface area contributed by atoms with Crippen molar-refractivity contribution in [3.63, 3.8) is 0 Å². The molecule has 17 nitrogen and oxygen atoms in total. The molecule has 1 aliphatic rings. The Morgan fingerprint density at radius 3 is 1.76 bits per heavy atom. The molecule has 0 bridgehead atoms. The summed E-state index contributed by atoms with van der Waals surface area (Å²) in [6.45, 7) is 0.705. The van der Waals surface area contributed by atoms with Crippen LogP contribution < -0.4 is 0 Å². The van der Waals surface area contributed by atoms with Crippen molar-refractivity contribution in [2.75, 3.05) is 19.1 Å². The fourth-order valence-corrected chi connectivity index (χ4v) is 11.2. The zero-order valence-electron chi connectivity index (χ0n) is 36.4. The van der Waals surface area contributed by atoms with E-state index in [9.17, 15) is 16.8 Å². The number of rotatable bonds is 11. The normalized spacial score (nSPS) is 14.2. The van der Waals surface area contributed by atoms with Crippen molar-refractivity contribution in [1.29, 1.82) is 0 Å². The minimum Gasteiger partial charge on any atom is -0.357 e. The number of pyridine rings is 2. The maximum Gasteiger partial charge on any atom is 0.269 e. The van der Waals surface area contributed by atoms with E-state index in [1.54, 1.807) is 104 Å². The Morgan fingerprint density at radius 1 is 0.647 bits per heavy atom. The van der Waals surface area contributed by atoms with Crippen LogP contribution in [-0.2, 0) is 24.8 Å². The third-order valence-electron chi connectivity index (χ3n) is 11.2. The van der Waals surface area contributed by atoms with Crippen LogP contribution in [0.4, 0.5) is 0 Å². The third-order valence-corrected chi connectivity index (χ3v) is 15.6. The summed E-state index contributed by atoms with van der Waals surface area (Å²) in [7, 11) is -7.50. The molecule has 0 amide bonds. The Balaban J connectivity index is 0.000000161. The number of fused-ring (bicyclic) bond motifs is 2. The number of H-pyrrole nitrogens is 1. The van der Waals surface area contributed by atoms with Crippen molar-refractivity contribution in [2.24, 2.45) is 0 Å². The van der Waals surface area contributed by atoms with Crippen LogP contribution in [0.3, 0.4) is 0 Å². The molecule has 2 aromatic carbocycles. The molecule has 0 radical (unpaired) electrons. The average Bonchev–Trinajstić information content (AvgIpc) is 4.23. The van der Waals surface area contributed by atoms with E-state index in [1.165, 1.54) is 43.9 Å². The summed E-state index contributed by atoms with van der Waals surface area (Å²) < 4.78 is 62.7. The van der Waals surface area contributed by atoms with E-state index in [4.69, 9.17) is 14.8 Å². The molecule has 1 N–H and O–H groups in total. The van der Waals surface area contributed by atoms with Gasteiger partial charge in [-0.1, -0.05) is 59.9 Å². The first-order valence-corrected chi connectivity index (χ1v) is 26.5. The number of nitrogens with zero attached hydrogens (tertiary/aromatic N) is 11. The quantitative estimate of drug-likeness (QED) is 0.0947. The number of nitrogens with one attached hydrogen (secondary N) is 1. The zero-order chi connectivity index (χ0) is 46.8. The molecule has 0 spiro atoms.